The second-order valence-electron chi connectivity index (χ2n) is 9.03. The van der Waals surface area contributed by atoms with E-state index >= 15 is 0 Å². The highest BCUT2D eigenvalue weighted by molar-refractivity contribution is 7.87. The fourth-order valence-electron chi connectivity index (χ4n) is 4.42. The Kier molecular flexibility index (Phi) is 6.20. The molecule has 9 nitrogen and oxygen atoms in total. The van der Waals surface area contributed by atoms with Gasteiger partial charge in [-0.25, -0.2) is 4.79 Å². The smallest absolute Gasteiger partial charge is 0.365 e. The number of Topliss-reactive ketones (excluding diaryl/α,β-unsaturated/α-hetero) is 1. The first-order chi connectivity index (χ1) is 18.5. The number of aromatic hydroxyl groups is 2. The molecule has 0 bridgehead atoms. The summed E-state index contributed by atoms with van der Waals surface area (Å²) in [5.74, 6) is -1.94. The summed E-state index contributed by atoms with van der Waals surface area (Å²) in [6.45, 7) is 1.97. The Balaban J connectivity index is 1.47. The maximum atomic E-state index is 13.0. The van der Waals surface area contributed by atoms with E-state index < -0.39 is 33.0 Å². The molecule has 1 aliphatic rings. The SMILES string of the molecule is CC(c1ccc(O)cc1)(c1ccc(O)cc1)c1ccc(OS(=O)(=O)c2ccc3c(c2)C(=O)C(=N)C(=O)O3)cc1. The Labute approximate surface area is 223 Å². The van der Waals surface area contributed by atoms with Crippen LogP contribution in [0.25, 0.3) is 0 Å². The second-order valence-corrected chi connectivity index (χ2v) is 10.6. The molecule has 5 rings (SSSR count). The summed E-state index contributed by atoms with van der Waals surface area (Å²) in [6, 6.07) is 23.1. The van der Waals surface area contributed by atoms with Crippen molar-refractivity contribution in [2.45, 2.75) is 17.2 Å². The van der Waals surface area contributed by atoms with E-state index in [4.69, 9.17) is 14.3 Å². The molecule has 0 unspecified atom stereocenters. The average Bonchev–Trinajstić information content (AvgIpc) is 2.92. The van der Waals surface area contributed by atoms with Gasteiger partial charge < -0.3 is 19.1 Å². The van der Waals surface area contributed by atoms with Crippen molar-refractivity contribution in [1.82, 2.24) is 0 Å². The molecule has 0 aliphatic carbocycles. The molecular formula is C29H21NO8S. The summed E-state index contributed by atoms with van der Waals surface area (Å²) in [4.78, 5) is 23.5. The number of hydrogen-bond donors (Lipinski definition) is 3. The number of esters is 1. The number of fused-ring (bicyclic) bond motifs is 1. The van der Waals surface area contributed by atoms with Gasteiger partial charge in [0.05, 0.1) is 5.56 Å². The molecule has 0 atom stereocenters. The molecule has 0 aromatic heterocycles. The van der Waals surface area contributed by atoms with Crippen LogP contribution in [0.3, 0.4) is 0 Å². The van der Waals surface area contributed by atoms with Crippen LogP contribution in [0.5, 0.6) is 23.0 Å². The van der Waals surface area contributed by atoms with Crippen LogP contribution < -0.4 is 8.92 Å². The average molecular weight is 544 g/mol. The van der Waals surface area contributed by atoms with Gasteiger partial charge in [0.25, 0.3) is 0 Å². The highest BCUT2D eigenvalue weighted by Gasteiger charge is 2.34. The Hall–Kier alpha value is -4.96. The molecule has 1 aliphatic heterocycles. The van der Waals surface area contributed by atoms with E-state index in [1.54, 1.807) is 60.7 Å². The molecule has 3 N–H and O–H groups in total. The van der Waals surface area contributed by atoms with Crippen molar-refractivity contribution in [2.24, 2.45) is 0 Å². The van der Waals surface area contributed by atoms with Gasteiger partial charge >= 0.3 is 16.1 Å². The van der Waals surface area contributed by atoms with Crippen LogP contribution in [-0.2, 0) is 20.3 Å². The first kappa shape index (κ1) is 25.7. The maximum Gasteiger partial charge on any atom is 0.365 e. The largest absolute Gasteiger partial charge is 0.508 e. The van der Waals surface area contributed by atoms with E-state index in [2.05, 4.69) is 0 Å². The van der Waals surface area contributed by atoms with Gasteiger partial charge in [-0.2, -0.15) is 8.42 Å². The zero-order valence-corrected chi connectivity index (χ0v) is 21.2. The predicted molar refractivity (Wildman–Crippen MR) is 140 cm³/mol. The van der Waals surface area contributed by atoms with E-state index in [9.17, 15) is 28.2 Å². The summed E-state index contributed by atoms with van der Waals surface area (Å²) in [6.07, 6.45) is 0. The number of nitrogens with one attached hydrogen (secondary N) is 1. The fourth-order valence-corrected chi connectivity index (χ4v) is 5.38. The minimum absolute atomic E-state index is 0.0146. The molecular weight excluding hydrogens is 522 g/mol. The number of rotatable bonds is 6. The number of benzene rings is 4. The Morgan fingerprint density at radius 2 is 1.26 bits per heavy atom. The lowest BCUT2D eigenvalue weighted by Crippen LogP contribution is -2.33. The quantitative estimate of drug-likeness (QED) is 0.141. The van der Waals surface area contributed by atoms with Crippen molar-refractivity contribution in [3.63, 3.8) is 0 Å². The summed E-state index contributed by atoms with van der Waals surface area (Å²) < 4.78 is 36.2. The van der Waals surface area contributed by atoms with Crippen molar-refractivity contribution in [1.29, 1.82) is 5.41 Å². The van der Waals surface area contributed by atoms with Crippen molar-refractivity contribution >= 4 is 27.6 Å². The Bertz CT molecular complexity index is 1680. The highest BCUT2D eigenvalue weighted by atomic mass is 32.2. The van der Waals surface area contributed by atoms with E-state index in [-0.39, 0.29) is 33.5 Å². The normalized spacial score (nSPS) is 13.5. The zero-order valence-electron chi connectivity index (χ0n) is 20.4. The van der Waals surface area contributed by atoms with Gasteiger partial charge in [0, 0.05) is 5.41 Å². The third kappa shape index (κ3) is 4.62. The van der Waals surface area contributed by atoms with Crippen LogP contribution in [0.15, 0.2) is 95.9 Å². The van der Waals surface area contributed by atoms with Crippen LogP contribution in [0, 0.1) is 5.41 Å². The first-order valence-corrected chi connectivity index (χ1v) is 13.0. The Morgan fingerprint density at radius 3 is 1.77 bits per heavy atom. The molecule has 196 valence electrons. The van der Waals surface area contributed by atoms with Gasteiger partial charge in [-0.05, 0) is 78.2 Å². The van der Waals surface area contributed by atoms with E-state index in [0.717, 1.165) is 34.9 Å². The topological polar surface area (TPSA) is 151 Å². The third-order valence-electron chi connectivity index (χ3n) is 6.65. The van der Waals surface area contributed by atoms with Crippen LogP contribution in [0.2, 0.25) is 0 Å². The third-order valence-corrected chi connectivity index (χ3v) is 7.89. The Morgan fingerprint density at radius 1 is 0.769 bits per heavy atom. The summed E-state index contributed by atoms with van der Waals surface area (Å²) in [7, 11) is -4.38. The lowest BCUT2D eigenvalue weighted by Gasteiger charge is -2.32. The minimum atomic E-state index is -4.38. The van der Waals surface area contributed by atoms with Gasteiger partial charge in [0.15, 0.2) is 5.71 Å². The fraction of sp³-hybridized carbons (Fsp3) is 0.0690. The maximum absolute atomic E-state index is 13.0. The summed E-state index contributed by atoms with van der Waals surface area (Å²) in [5, 5.41) is 27.1. The molecule has 1 heterocycles. The zero-order chi connectivity index (χ0) is 27.9. The number of phenols is 2. The van der Waals surface area contributed by atoms with Gasteiger partial charge in [-0.15, -0.1) is 0 Å². The number of phenolic OH excluding ortho intramolecular Hbond substituents is 2. The van der Waals surface area contributed by atoms with Gasteiger partial charge in [0.1, 0.15) is 27.9 Å². The number of ketones is 1. The van der Waals surface area contributed by atoms with Crippen molar-refractivity contribution in [2.75, 3.05) is 0 Å². The molecule has 4 aromatic rings. The number of hydrogen-bond acceptors (Lipinski definition) is 9. The molecule has 0 saturated carbocycles. The first-order valence-electron chi connectivity index (χ1n) is 11.6. The molecule has 0 fully saturated rings. The van der Waals surface area contributed by atoms with Crippen molar-refractivity contribution in [3.8, 4) is 23.0 Å². The minimum Gasteiger partial charge on any atom is -0.508 e. The highest BCUT2D eigenvalue weighted by Crippen LogP contribution is 2.40. The number of ether oxygens (including phenoxy) is 1. The summed E-state index contributed by atoms with van der Waals surface area (Å²) in [5.41, 5.74) is 0.620. The van der Waals surface area contributed by atoms with Crippen LogP contribution in [0.1, 0.15) is 34.0 Å². The number of carbonyl (C=O) groups excluding carboxylic acids is 2. The van der Waals surface area contributed by atoms with Gasteiger partial charge in [-0.3, -0.25) is 10.2 Å². The van der Waals surface area contributed by atoms with Crippen LogP contribution in [0.4, 0.5) is 0 Å². The molecule has 0 amide bonds. The van der Waals surface area contributed by atoms with Crippen LogP contribution >= 0.6 is 0 Å². The lowest BCUT2D eigenvalue weighted by atomic mass is 9.71. The standard InChI is InChI=1S/C29H21NO8S/c1-29(17-2-8-20(31)9-3-17,18-4-10-21(32)11-5-18)19-6-12-22(13-7-19)38-39(35,36)23-14-15-25-24(16-23)27(33)26(30)28(34)37-25/h2-16,30-32H,1H3. The van der Waals surface area contributed by atoms with Crippen molar-refractivity contribution < 1.29 is 37.1 Å². The molecule has 0 radical (unpaired) electrons. The molecule has 39 heavy (non-hydrogen) atoms. The van der Waals surface area contributed by atoms with Crippen LogP contribution in [-0.4, -0.2) is 36.1 Å². The molecule has 0 spiro atoms. The lowest BCUT2D eigenvalue weighted by molar-refractivity contribution is -0.127. The van der Waals surface area contributed by atoms with Crippen molar-refractivity contribution in [3.05, 3.63) is 113 Å². The molecule has 0 saturated heterocycles. The molecule has 10 heteroatoms. The van der Waals surface area contributed by atoms with E-state index in [1.165, 1.54) is 12.1 Å². The monoisotopic (exact) mass is 543 g/mol. The molecule has 4 aromatic carbocycles. The van der Waals surface area contributed by atoms with E-state index in [0.29, 0.717) is 0 Å². The second kappa shape index (κ2) is 9.41. The van der Waals surface area contributed by atoms with Gasteiger partial charge in [0.2, 0.25) is 5.78 Å². The van der Waals surface area contributed by atoms with E-state index in [1.807, 2.05) is 6.92 Å². The van der Waals surface area contributed by atoms with Gasteiger partial charge in [-0.1, -0.05) is 36.4 Å². The summed E-state index contributed by atoms with van der Waals surface area (Å²) >= 11 is 0. The predicted octanol–water partition coefficient (Wildman–Crippen LogP) is 4.34. The number of carbonyl (C=O) groups is 2.